The molecular formula is C10H17NO3S. The fourth-order valence-electron chi connectivity index (χ4n) is 0.899. The zero-order valence-corrected chi connectivity index (χ0v) is 9.89. The summed E-state index contributed by atoms with van der Waals surface area (Å²) in [6.07, 6.45) is 5.08. The van der Waals surface area contributed by atoms with Gasteiger partial charge in [-0.1, -0.05) is 5.92 Å². The quantitative estimate of drug-likeness (QED) is 0.363. The number of carbonyl (C=O) groups is 1. The van der Waals surface area contributed by atoms with Gasteiger partial charge in [0.2, 0.25) is 0 Å². The van der Waals surface area contributed by atoms with Crippen LogP contribution in [0.1, 0.15) is 6.92 Å². The lowest BCUT2D eigenvalue weighted by molar-refractivity contribution is -0.159. The first-order valence-corrected chi connectivity index (χ1v) is 5.73. The SMILES string of the molecule is C#CCSCCNCC(C)(O)C(=O)OC. The molecule has 0 aliphatic heterocycles. The summed E-state index contributed by atoms with van der Waals surface area (Å²) < 4.78 is 4.45. The van der Waals surface area contributed by atoms with Crippen LogP contribution in [0.5, 0.6) is 0 Å². The number of carbonyl (C=O) groups excluding carboxylic acids is 1. The maximum Gasteiger partial charge on any atom is 0.338 e. The highest BCUT2D eigenvalue weighted by Crippen LogP contribution is 2.03. The summed E-state index contributed by atoms with van der Waals surface area (Å²) in [4.78, 5) is 11.1. The standard InChI is InChI=1S/C10H17NO3S/c1-4-6-15-7-5-11-8-10(2,13)9(12)14-3/h1,11,13H,5-8H2,2-3H3. The van der Waals surface area contributed by atoms with Crippen molar-refractivity contribution in [3.05, 3.63) is 0 Å². The number of rotatable bonds is 7. The lowest BCUT2D eigenvalue weighted by Gasteiger charge is -2.20. The van der Waals surface area contributed by atoms with Gasteiger partial charge in [-0.05, 0) is 6.92 Å². The van der Waals surface area contributed by atoms with Gasteiger partial charge in [0.25, 0.3) is 0 Å². The Balaban J connectivity index is 3.58. The number of aliphatic hydroxyl groups is 1. The van der Waals surface area contributed by atoms with Crippen LogP contribution in [0.15, 0.2) is 0 Å². The average Bonchev–Trinajstić information content (AvgIpc) is 2.22. The summed E-state index contributed by atoms with van der Waals surface area (Å²) in [5.41, 5.74) is -1.47. The minimum atomic E-state index is -1.47. The smallest absolute Gasteiger partial charge is 0.338 e. The minimum absolute atomic E-state index is 0.177. The first-order chi connectivity index (χ1) is 7.04. The molecule has 0 radical (unpaired) electrons. The van der Waals surface area contributed by atoms with E-state index in [0.717, 1.165) is 5.75 Å². The van der Waals surface area contributed by atoms with Crippen molar-refractivity contribution in [1.29, 1.82) is 0 Å². The Bertz CT molecular complexity index is 235. The second kappa shape index (κ2) is 7.57. The van der Waals surface area contributed by atoms with Gasteiger partial charge in [-0.2, -0.15) is 0 Å². The first-order valence-electron chi connectivity index (χ1n) is 4.57. The van der Waals surface area contributed by atoms with Gasteiger partial charge in [-0.15, -0.1) is 18.2 Å². The molecule has 0 rings (SSSR count). The molecule has 15 heavy (non-hydrogen) atoms. The summed E-state index contributed by atoms with van der Waals surface area (Å²) in [6, 6.07) is 0. The Hall–Kier alpha value is -0.700. The molecule has 4 nitrogen and oxygen atoms in total. The Morgan fingerprint density at radius 3 is 2.93 bits per heavy atom. The van der Waals surface area contributed by atoms with Gasteiger partial charge in [0.15, 0.2) is 5.60 Å². The van der Waals surface area contributed by atoms with Crippen LogP contribution in [0.2, 0.25) is 0 Å². The summed E-state index contributed by atoms with van der Waals surface area (Å²) in [5, 5.41) is 12.6. The molecule has 0 saturated heterocycles. The number of thioether (sulfide) groups is 1. The van der Waals surface area contributed by atoms with E-state index in [1.165, 1.54) is 14.0 Å². The largest absolute Gasteiger partial charge is 0.467 e. The molecule has 0 spiro atoms. The maximum atomic E-state index is 11.1. The summed E-state index contributed by atoms with van der Waals surface area (Å²) in [7, 11) is 1.25. The fourth-order valence-corrected chi connectivity index (χ4v) is 1.45. The number of hydrogen-bond acceptors (Lipinski definition) is 5. The molecule has 86 valence electrons. The van der Waals surface area contributed by atoms with Crippen LogP contribution in [-0.4, -0.2) is 48.4 Å². The van der Waals surface area contributed by atoms with Gasteiger partial charge in [-0.25, -0.2) is 4.79 Å². The highest BCUT2D eigenvalue weighted by atomic mass is 32.2. The molecular weight excluding hydrogens is 214 g/mol. The Morgan fingerprint density at radius 2 is 2.40 bits per heavy atom. The van der Waals surface area contributed by atoms with E-state index in [-0.39, 0.29) is 6.54 Å². The molecule has 0 aromatic heterocycles. The molecule has 5 heteroatoms. The van der Waals surface area contributed by atoms with E-state index < -0.39 is 11.6 Å². The van der Waals surface area contributed by atoms with Gasteiger partial charge in [-0.3, -0.25) is 0 Å². The number of hydrogen-bond donors (Lipinski definition) is 2. The molecule has 1 unspecified atom stereocenters. The van der Waals surface area contributed by atoms with Crippen LogP contribution in [-0.2, 0) is 9.53 Å². The van der Waals surface area contributed by atoms with Crippen molar-refractivity contribution in [2.75, 3.05) is 31.7 Å². The van der Waals surface area contributed by atoms with E-state index >= 15 is 0 Å². The van der Waals surface area contributed by atoms with Gasteiger partial charge in [0.1, 0.15) is 0 Å². The Labute approximate surface area is 94.8 Å². The third-order valence-corrected chi connectivity index (χ3v) is 2.57. The van der Waals surface area contributed by atoms with Crippen LogP contribution >= 0.6 is 11.8 Å². The van der Waals surface area contributed by atoms with Crippen LogP contribution in [0, 0.1) is 12.3 Å². The van der Waals surface area contributed by atoms with Gasteiger partial charge in [0, 0.05) is 18.8 Å². The van der Waals surface area contributed by atoms with Crippen molar-refractivity contribution in [3.63, 3.8) is 0 Å². The number of esters is 1. The van der Waals surface area contributed by atoms with Crippen molar-refractivity contribution in [2.24, 2.45) is 0 Å². The van der Waals surface area contributed by atoms with Crippen molar-refractivity contribution in [2.45, 2.75) is 12.5 Å². The average molecular weight is 231 g/mol. The molecule has 0 aromatic carbocycles. The summed E-state index contributed by atoms with van der Waals surface area (Å²) >= 11 is 1.62. The van der Waals surface area contributed by atoms with Crippen molar-refractivity contribution >= 4 is 17.7 Å². The number of terminal acetylenes is 1. The zero-order valence-electron chi connectivity index (χ0n) is 9.08. The number of nitrogens with one attached hydrogen (secondary N) is 1. The topological polar surface area (TPSA) is 58.6 Å². The molecule has 0 bridgehead atoms. The van der Waals surface area contributed by atoms with E-state index in [0.29, 0.717) is 12.3 Å². The van der Waals surface area contributed by atoms with Crippen molar-refractivity contribution < 1.29 is 14.6 Å². The fraction of sp³-hybridized carbons (Fsp3) is 0.700. The summed E-state index contributed by atoms with van der Waals surface area (Å²) in [5.74, 6) is 3.41. The first kappa shape index (κ1) is 14.3. The van der Waals surface area contributed by atoms with Crippen LogP contribution in [0.3, 0.4) is 0 Å². The monoisotopic (exact) mass is 231 g/mol. The molecule has 0 aromatic rings. The second-order valence-electron chi connectivity index (χ2n) is 3.20. The third kappa shape index (κ3) is 6.39. The van der Waals surface area contributed by atoms with Crippen LogP contribution < -0.4 is 5.32 Å². The van der Waals surface area contributed by atoms with E-state index in [4.69, 9.17) is 6.42 Å². The number of ether oxygens (including phenoxy) is 1. The van der Waals surface area contributed by atoms with Crippen molar-refractivity contribution in [1.82, 2.24) is 5.32 Å². The van der Waals surface area contributed by atoms with Crippen LogP contribution in [0.4, 0.5) is 0 Å². The highest BCUT2D eigenvalue weighted by Gasteiger charge is 2.30. The Kier molecular flexibility index (Phi) is 7.22. The lowest BCUT2D eigenvalue weighted by Crippen LogP contribution is -2.46. The minimum Gasteiger partial charge on any atom is -0.467 e. The van der Waals surface area contributed by atoms with E-state index in [2.05, 4.69) is 16.0 Å². The van der Waals surface area contributed by atoms with Crippen LogP contribution in [0.25, 0.3) is 0 Å². The molecule has 0 saturated carbocycles. The number of methoxy groups -OCH3 is 1. The Morgan fingerprint density at radius 1 is 1.73 bits per heavy atom. The predicted molar refractivity (Wildman–Crippen MR) is 61.7 cm³/mol. The third-order valence-electron chi connectivity index (χ3n) is 1.70. The van der Waals surface area contributed by atoms with E-state index in [1.54, 1.807) is 11.8 Å². The molecule has 0 amide bonds. The van der Waals surface area contributed by atoms with Gasteiger partial charge in [0.05, 0.1) is 12.9 Å². The summed E-state index contributed by atoms with van der Waals surface area (Å²) in [6.45, 7) is 2.29. The predicted octanol–water partition coefficient (Wildman–Crippen LogP) is -0.134. The molecule has 0 fully saturated rings. The maximum absolute atomic E-state index is 11.1. The molecule has 1 atom stereocenters. The van der Waals surface area contributed by atoms with Gasteiger partial charge < -0.3 is 15.2 Å². The van der Waals surface area contributed by atoms with Crippen molar-refractivity contribution in [3.8, 4) is 12.3 Å². The molecule has 0 aliphatic carbocycles. The highest BCUT2D eigenvalue weighted by molar-refractivity contribution is 7.99. The van der Waals surface area contributed by atoms with Gasteiger partial charge >= 0.3 is 5.97 Å². The van der Waals surface area contributed by atoms with E-state index in [1.807, 2.05) is 0 Å². The second-order valence-corrected chi connectivity index (χ2v) is 4.30. The molecule has 0 aliphatic rings. The normalized spacial score (nSPS) is 14.0. The molecule has 2 N–H and O–H groups in total. The zero-order chi connectivity index (χ0) is 11.7. The van der Waals surface area contributed by atoms with E-state index in [9.17, 15) is 9.90 Å². The molecule has 0 heterocycles. The lowest BCUT2D eigenvalue weighted by atomic mass is 10.1.